The van der Waals surface area contributed by atoms with Crippen LogP contribution in [0, 0.1) is 0 Å². The molecule has 0 heterocycles. The molecule has 0 bridgehead atoms. The molecule has 0 aliphatic carbocycles. The molecular weight excluding hydrogens is 64.1 g/mol. The second-order valence-electron chi connectivity index (χ2n) is 0.500. The Hall–Kier alpha value is -0.0431. The summed E-state index contributed by atoms with van der Waals surface area (Å²) in [6, 6.07) is 0. The third kappa shape index (κ3) is 1.96. The predicted octanol–water partition coefficient (Wildman–Crippen LogP) is 0.689. The van der Waals surface area contributed by atoms with Crippen LogP contribution in [0.25, 0.3) is 0 Å². The van der Waals surface area contributed by atoms with Crippen LogP contribution in [0.2, 0.25) is 0 Å². The summed E-state index contributed by atoms with van der Waals surface area (Å²) in [5, 5.41) is 0. The van der Waals surface area contributed by atoms with Gasteiger partial charge in [-0.2, -0.15) is 0 Å². The molecular formula is C3H5Si+3. The standard InChI is InChI=1S/C3H5Si/c1-2-3-4/h2-3H,1H3/q+3. The SMILES string of the molecule is CC=C[Si+3]. The normalized spacial score (nSPS) is 9.75. The Labute approximate surface area is 30.0 Å². The fourth-order valence-corrected chi connectivity index (χ4v) is 0. The van der Waals surface area contributed by atoms with Crippen molar-refractivity contribution >= 4 is 10.2 Å². The van der Waals surface area contributed by atoms with Gasteiger partial charge < -0.3 is 0 Å². The van der Waals surface area contributed by atoms with E-state index in [9.17, 15) is 0 Å². The third-order valence-electron chi connectivity index (χ3n) is 0.167. The monoisotopic (exact) mass is 69.0 g/mol. The summed E-state index contributed by atoms with van der Waals surface area (Å²) in [5.74, 6) is 0. The van der Waals surface area contributed by atoms with Crippen molar-refractivity contribution in [2.24, 2.45) is 0 Å². The molecule has 0 unspecified atom stereocenters. The van der Waals surface area contributed by atoms with Gasteiger partial charge in [-0.1, -0.05) is 0 Å². The molecule has 0 nitrogen and oxygen atoms in total. The van der Waals surface area contributed by atoms with Crippen molar-refractivity contribution < 1.29 is 0 Å². The van der Waals surface area contributed by atoms with Gasteiger partial charge in [-0.3, -0.25) is 0 Å². The zero-order chi connectivity index (χ0) is 3.41. The fourth-order valence-electron chi connectivity index (χ4n) is 0. The summed E-state index contributed by atoms with van der Waals surface area (Å²) in [4.78, 5) is 0. The fraction of sp³-hybridized carbons (Fsp3) is 0.333. The van der Waals surface area contributed by atoms with Crippen LogP contribution in [-0.4, -0.2) is 10.2 Å². The summed E-state index contributed by atoms with van der Waals surface area (Å²) >= 11 is 0. The van der Waals surface area contributed by atoms with Crippen molar-refractivity contribution in [2.75, 3.05) is 0 Å². The molecule has 0 aromatic heterocycles. The Morgan fingerprint density at radius 3 is 2.00 bits per heavy atom. The zero-order valence-corrected chi connectivity index (χ0v) is 3.65. The van der Waals surface area contributed by atoms with Gasteiger partial charge in [0.1, 0.15) is 0 Å². The summed E-state index contributed by atoms with van der Waals surface area (Å²) in [6.07, 6.45) is 1.91. The van der Waals surface area contributed by atoms with Crippen LogP contribution in [0.1, 0.15) is 6.92 Å². The van der Waals surface area contributed by atoms with E-state index in [0.29, 0.717) is 0 Å². The topological polar surface area (TPSA) is 0 Å². The minimum atomic E-state index is 1.81. The molecule has 0 aliphatic heterocycles. The van der Waals surface area contributed by atoms with Gasteiger partial charge in [-0.05, 0) is 0 Å². The first-order valence-electron chi connectivity index (χ1n) is 1.20. The first-order valence-corrected chi connectivity index (χ1v) is 1.78. The molecule has 0 N–H and O–H groups in total. The molecule has 1 heteroatoms. The van der Waals surface area contributed by atoms with Crippen molar-refractivity contribution in [1.82, 2.24) is 0 Å². The first kappa shape index (κ1) is 3.96. The molecule has 0 atom stereocenters. The Morgan fingerprint density at radius 1 is 1.75 bits per heavy atom. The minimum absolute atomic E-state index is 1.81. The van der Waals surface area contributed by atoms with Crippen molar-refractivity contribution in [3.8, 4) is 0 Å². The van der Waals surface area contributed by atoms with Crippen LogP contribution < -0.4 is 0 Å². The van der Waals surface area contributed by atoms with Gasteiger partial charge in [0.2, 0.25) is 0 Å². The first-order chi connectivity index (χ1) is 1.91. The van der Waals surface area contributed by atoms with Gasteiger partial charge in [-0.15, -0.1) is 0 Å². The second kappa shape index (κ2) is 2.96. The molecule has 0 rings (SSSR count). The van der Waals surface area contributed by atoms with Crippen molar-refractivity contribution in [3.05, 3.63) is 11.8 Å². The second-order valence-corrected chi connectivity index (χ2v) is 0.833. The molecule has 0 aromatic rings. The van der Waals surface area contributed by atoms with Gasteiger partial charge in [0.05, 0.1) is 0 Å². The molecule has 0 saturated heterocycles. The van der Waals surface area contributed by atoms with Crippen LogP contribution >= 0.6 is 0 Å². The predicted molar refractivity (Wildman–Crippen MR) is 20.6 cm³/mol. The van der Waals surface area contributed by atoms with E-state index in [1.54, 1.807) is 5.70 Å². The van der Waals surface area contributed by atoms with E-state index < -0.39 is 0 Å². The molecule has 0 fully saturated rings. The molecule has 0 saturated carbocycles. The van der Waals surface area contributed by atoms with Crippen molar-refractivity contribution in [1.29, 1.82) is 0 Å². The molecule has 4 heavy (non-hydrogen) atoms. The van der Waals surface area contributed by atoms with Gasteiger partial charge in [-0.25, -0.2) is 0 Å². The van der Waals surface area contributed by atoms with E-state index in [4.69, 9.17) is 0 Å². The zero-order valence-electron chi connectivity index (χ0n) is 2.65. The molecule has 0 radical (unpaired) electrons. The number of hydrogen-bond donors (Lipinski definition) is 0. The van der Waals surface area contributed by atoms with Crippen LogP contribution in [0.15, 0.2) is 11.8 Å². The average molecular weight is 69.2 g/mol. The Kier molecular flexibility index (Phi) is 2.93. The molecule has 0 aliphatic rings. The van der Waals surface area contributed by atoms with Crippen molar-refractivity contribution in [3.63, 3.8) is 0 Å². The molecule has 0 spiro atoms. The number of allylic oxidation sites excluding steroid dienone is 1. The third-order valence-corrected chi connectivity index (χ3v) is 0.500. The number of rotatable bonds is 0. The van der Waals surface area contributed by atoms with E-state index in [2.05, 4.69) is 10.2 Å². The van der Waals surface area contributed by atoms with E-state index in [1.807, 2.05) is 13.0 Å². The van der Waals surface area contributed by atoms with Gasteiger partial charge >= 0.3 is 28.9 Å². The summed E-state index contributed by atoms with van der Waals surface area (Å²) < 4.78 is 0. The summed E-state index contributed by atoms with van der Waals surface area (Å²) in [7, 11) is 3.11. The van der Waals surface area contributed by atoms with Gasteiger partial charge in [0.15, 0.2) is 0 Å². The van der Waals surface area contributed by atoms with Gasteiger partial charge in [0, 0.05) is 0 Å². The van der Waals surface area contributed by atoms with Crippen LogP contribution in [-0.2, 0) is 0 Å². The Balaban J connectivity index is 2.55. The van der Waals surface area contributed by atoms with Crippen LogP contribution in [0.3, 0.4) is 0 Å². The maximum atomic E-state index is 3.11. The van der Waals surface area contributed by atoms with E-state index in [0.717, 1.165) is 0 Å². The average Bonchev–Trinajstić information content (AvgIpc) is 1.37. The van der Waals surface area contributed by atoms with E-state index >= 15 is 0 Å². The van der Waals surface area contributed by atoms with E-state index in [1.165, 1.54) is 0 Å². The van der Waals surface area contributed by atoms with Crippen LogP contribution in [0.5, 0.6) is 0 Å². The number of hydrogen-bond acceptors (Lipinski definition) is 0. The quantitative estimate of drug-likeness (QED) is 0.367. The van der Waals surface area contributed by atoms with Gasteiger partial charge in [0.25, 0.3) is 0 Å². The molecule has 0 aromatic carbocycles. The maximum absolute atomic E-state index is 3.11. The summed E-state index contributed by atoms with van der Waals surface area (Å²) in [6.45, 7) is 1.95. The Bertz CT molecular complexity index is 18.5. The van der Waals surface area contributed by atoms with Crippen molar-refractivity contribution in [2.45, 2.75) is 6.92 Å². The Morgan fingerprint density at radius 2 is 2.00 bits per heavy atom. The van der Waals surface area contributed by atoms with Crippen LogP contribution in [0.4, 0.5) is 0 Å². The van der Waals surface area contributed by atoms with E-state index in [-0.39, 0.29) is 0 Å². The molecule has 18 valence electrons. The molecule has 0 amide bonds. The summed E-state index contributed by atoms with van der Waals surface area (Å²) in [5.41, 5.74) is 1.81.